The largest absolute Gasteiger partial charge is 0.497 e. The Balaban J connectivity index is 1.63. The van der Waals surface area contributed by atoms with Crippen molar-refractivity contribution in [3.05, 3.63) is 59.7 Å². The van der Waals surface area contributed by atoms with Gasteiger partial charge >= 0.3 is 0 Å². The Labute approximate surface area is 184 Å². The molecule has 31 heavy (non-hydrogen) atoms. The Morgan fingerprint density at radius 3 is 2.55 bits per heavy atom. The van der Waals surface area contributed by atoms with E-state index in [2.05, 4.69) is 11.8 Å². The van der Waals surface area contributed by atoms with Crippen molar-refractivity contribution in [2.45, 2.75) is 44.7 Å². The minimum absolute atomic E-state index is 0.0353. The van der Waals surface area contributed by atoms with Gasteiger partial charge < -0.3 is 9.47 Å². The van der Waals surface area contributed by atoms with Crippen LogP contribution in [0.15, 0.2) is 53.6 Å². The molecule has 0 aliphatic carbocycles. The van der Waals surface area contributed by atoms with Gasteiger partial charge in [0.25, 0.3) is 5.91 Å². The lowest BCUT2D eigenvalue weighted by atomic mass is 9.97. The van der Waals surface area contributed by atoms with Crippen LogP contribution in [-0.4, -0.2) is 54.9 Å². The topological polar surface area (TPSA) is 54.4 Å². The van der Waals surface area contributed by atoms with E-state index in [1.54, 1.807) is 19.2 Å². The van der Waals surface area contributed by atoms with Gasteiger partial charge in [0.05, 0.1) is 32.5 Å². The van der Waals surface area contributed by atoms with E-state index >= 15 is 0 Å². The molecule has 4 rings (SSSR count). The fourth-order valence-corrected chi connectivity index (χ4v) is 4.52. The van der Waals surface area contributed by atoms with E-state index in [0.29, 0.717) is 19.0 Å². The first-order valence-electron chi connectivity index (χ1n) is 11.0. The summed E-state index contributed by atoms with van der Waals surface area (Å²) in [5.74, 6) is 1.62. The molecule has 0 spiro atoms. The summed E-state index contributed by atoms with van der Waals surface area (Å²) >= 11 is 0. The lowest BCUT2D eigenvalue weighted by molar-refractivity contribution is -0.135. The van der Waals surface area contributed by atoms with Crippen LogP contribution in [0.25, 0.3) is 0 Å². The summed E-state index contributed by atoms with van der Waals surface area (Å²) in [7, 11) is 3.32. The maximum absolute atomic E-state index is 13.4. The van der Waals surface area contributed by atoms with Crippen LogP contribution in [0.5, 0.6) is 11.5 Å². The molecule has 2 aromatic rings. The van der Waals surface area contributed by atoms with Gasteiger partial charge in [-0.1, -0.05) is 24.6 Å². The van der Waals surface area contributed by atoms with Gasteiger partial charge in [-0.25, -0.2) is 5.01 Å². The molecule has 6 nitrogen and oxygen atoms in total. The molecule has 2 aliphatic rings. The number of carbonyl (C=O) groups excluding carboxylic acids is 1. The molecule has 0 bridgehead atoms. The summed E-state index contributed by atoms with van der Waals surface area (Å²) in [5, 5.41) is 6.49. The zero-order chi connectivity index (χ0) is 21.8. The van der Waals surface area contributed by atoms with Crippen LogP contribution in [-0.2, 0) is 4.79 Å². The van der Waals surface area contributed by atoms with Gasteiger partial charge in [0.1, 0.15) is 11.5 Å². The average molecular weight is 422 g/mol. The molecule has 2 atom stereocenters. The number of rotatable bonds is 6. The van der Waals surface area contributed by atoms with Crippen molar-refractivity contribution in [3.8, 4) is 11.5 Å². The highest BCUT2D eigenvalue weighted by Crippen LogP contribution is 2.37. The second-order valence-electron chi connectivity index (χ2n) is 8.29. The van der Waals surface area contributed by atoms with Crippen molar-refractivity contribution in [3.63, 3.8) is 0 Å². The number of para-hydroxylation sites is 1. The highest BCUT2D eigenvalue weighted by Gasteiger charge is 2.36. The van der Waals surface area contributed by atoms with Crippen LogP contribution in [0.2, 0.25) is 0 Å². The number of hydrogen-bond acceptors (Lipinski definition) is 5. The minimum atomic E-state index is -0.180. The normalized spacial score (nSPS) is 21.6. The molecule has 0 N–H and O–H groups in total. The molecule has 6 heteroatoms. The quantitative estimate of drug-likeness (QED) is 0.700. The number of ether oxygens (including phenoxy) is 2. The zero-order valence-corrected chi connectivity index (χ0v) is 18.6. The second-order valence-corrected chi connectivity index (χ2v) is 8.29. The first-order valence-corrected chi connectivity index (χ1v) is 11.0. The first kappa shape index (κ1) is 21.4. The summed E-state index contributed by atoms with van der Waals surface area (Å²) in [6.07, 6.45) is 4.17. The Kier molecular flexibility index (Phi) is 6.56. The first-order chi connectivity index (χ1) is 15.1. The Hall–Kier alpha value is -2.86. The number of carbonyl (C=O) groups is 1. The maximum atomic E-state index is 13.4. The predicted octanol–water partition coefficient (Wildman–Crippen LogP) is 4.26. The van der Waals surface area contributed by atoms with Crippen molar-refractivity contribution in [1.29, 1.82) is 0 Å². The molecule has 1 amide bonds. The number of benzene rings is 2. The Morgan fingerprint density at radius 2 is 1.84 bits per heavy atom. The Bertz CT molecular complexity index is 941. The van der Waals surface area contributed by atoms with Gasteiger partial charge in [0.15, 0.2) is 0 Å². The minimum Gasteiger partial charge on any atom is -0.497 e. The number of methoxy groups -OCH3 is 2. The lowest BCUT2D eigenvalue weighted by Gasteiger charge is -2.34. The third kappa shape index (κ3) is 4.59. The summed E-state index contributed by atoms with van der Waals surface area (Å²) in [4.78, 5) is 15.7. The van der Waals surface area contributed by atoms with Crippen LogP contribution in [0.4, 0.5) is 0 Å². The van der Waals surface area contributed by atoms with Crippen molar-refractivity contribution in [2.24, 2.45) is 5.10 Å². The number of hydrogen-bond donors (Lipinski definition) is 0. The molecular formula is C25H31N3O3. The van der Waals surface area contributed by atoms with Crippen molar-refractivity contribution in [1.82, 2.24) is 9.91 Å². The standard InChI is InChI=1S/C25H31N3O3/c1-18-8-6-7-15-27(18)17-25(29)28-23(21-9-4-5-10-24(21)31-3)16-22(26-28)19-11-13-20(30-2)14-12-19/h4-5,9-14,18,23H,6-8,15-17H2,1-3H3. The van der Waals surface area contributed by atoms with Gasteiger partial charge in [-0.05, 0) is 62.2 Å². The van der Waals surface area contributed by atoms with Crippen LogP contribution in [0.3, 0.4) is 0 Å². The number of amides is 1. The van der Waals surface area contributed by atoms with Crippen LogP contribution in [0, 0.1) is 0 Å². The molecule has 2 aliphatic heterocycles. The molecule has 0 radical (unpaired) electrons. The molecule has 2 unspecified atom stereocenters. The van der Waals surface area contributed by atoms with Gasteiger partial charge in [0, 0.05) is 18.0 Å². The third-order valence-corrected chi connectivity index (χ3v) is 6.37. The Morgan fingerprint density at radius 1 is 1.06 bits per heavy atom. The van der Waals surface area contributed by atoms with Crippen LogP contribution < -0.4 is 9.47 Å². The van der Waals surface area contributed by atoms with E-state index in [4.69, 9.17) is 14.6 Å². The third-order valence-electron chi connectivity index (χ3n) is 6.37. The van der Waals surface area contributed by atoms with Crippen molar-refractivity contribution in [2.75, 3.05) is 27.3 Å². The summed E-state index contributed by atoms with van der Waals surface area (Å²) in [6, 6.07) is 16.0. The molecule has 0 saturated carbocycles. The second kappa shape index (κ2) is 9.52. The van der Waals surface area contributed by atoms with E-state index in [0.717, 1.165) is 47.7 Å². The highest BCUT2D eigenvalue weighted by molar-refractivity contribution is 6.03. The van der Waals surface area contributed by atoms with Crippen LogP contribution >= 0.6 is 0 Å². The van der Waals surface area contributed by atoms with Gasteiger partial charge in [-0.3, -0.25) is 9.69 Å². The summed E-state index contributed by atoms with van der Waals surface area (Å²) in [5.41, 5.74) is 2.89. The molecule has 1 fully saturated rings. The smallest absolute Gasteiger partial charge is 0.257 e. The van der Waals surface area contributed by atoms with Gasteiger partial charge in [0.2, 0.25) is 0 Å². The molecule has 2 heterocycles. The molecule has 1 saturated heterocycles. The fourth-order valence-electron chi connectivity index (χ4n) is 4.52. The summed E-state index contributed by atoms with van der Waals surface area (Å²) in [6.45, 7) is 3.57. The number of nitrogens with zero attached hydrogens (tertiary/aromatic N) is 3. The van der Waals surface area contributed by atoms with E-state index in [-0.39, 0.29) is 11.9 Å². The van der Waals surface area contributed by atoms with Crippen LogP contribution in [0.1, 0.15) is 49.8 Å². The molecule has 164 valence electrons. The number of likely N-dealkylation sites (tertiary alicyclic amines) is 1. The molecule has 0 aromatic heterocycles. The molecular weight excluding hydrogens is 390 g/mol. The van der Waals surface area contributed by atoms with Gasteiger partial charge in [-0.2, -0.15) is 5.10 Å². The molecule has 2 aromatic carbocycles. The van der Waals surface area contributed by atoms with Crippen molar-refractivity contribution < 1.29 is 14.3 Å². The highest BCUT2D eigenvalue weighted by atomic mass is 16.5. The lowest BCUT2D eigenvalue weighted by Crippen LogP contribution is -2.44. The van der Waals surface area contributed by atoms with Gasteiger partial charge in [-0.15, -0.1) is 0 Å². The van der Waals surface area contributed by atoms with E-state index in [1.165, 1.54) is 6.42 Å². The SMILES string of the molecule is COc1ccc(C2=NN(C(=O)CN3CCCCC3C)C(c3ccccc3OC)C2)cc1. The number of hydrazone groups is 1. The van der Waals surface area contributed by atoms with E-state index in [9.17, 15) is 4.79 Å². The van der Waals surface area contributed by atoms with E-state index in [1.807, 2.05) is 48.5 Å². The van der Waals surface area contributed by atoms with Crippen molar-refractivity contribution >= 4 is 11.6 Å². The average Bonchev–Trinajstić information content (AvgIpc) is 3.26. The fraction of sp³-hybridized carbons (Fsp3) is 0.440. The summed E-state index contributed by atoms with van der Waals surface area (Å²) < 4.78 is 10.9. The monoisotopic (exact) mass is 421 g/mol. The van der Waals surface area contributed by atoms with E-state index < -0.39 is 0 Å². The predicted molar refractivity (Wildman–Crippen MR) is 122 cm³/mol. The number of piperidine rings is 1. The maximum Gasteiger partial charge on any atom is 0.257 e. The zero-order valence-electron chi connectivity index (χ0n) is 18.6.